The molecule has 0 saturated carbocycles. The van der Waals surface area contributed by atoms with Crippen molar-refractivity contribution >= 4 is 23.1 Å². The van der Waals surface area contributed by atoms with E-state index in [0.29, 0.717) is 10.6 Å². The molecule has 1 saturated heterocycles. The third-order valence-electron chi connectivity index (χ3n) is 3.12. The zero-order chi connectivity index (χ0) is 11.7. The molecule has 0 bridgehead atoms. The summed E-state index contributed by atoms with van der Waals surface area (Å²) in [5, 5.41) is 0.682. The third-order valence-corrected chi connectivity index (χ3v) is 3.42. The van der Waals surface area contributed by atoms with Gasteiger partial charge in [-0.3, -0.25) is 4.79 Å². The molecule has 1 aliphatic rings. The normalized spacial score (nSPS) is 20.2. The van der Waals surface area contributed by atoms with E-state index in [9.17, 15) is 4.79 Å². The average Bonchev–Trinajstić information content (AvgIpc) is 2.64. The molecule has 0 spiro atoms. The van der Waals surface area contributed by atoms with Crippen molar-refractivity contribution in [2.24, 2.45) is 5.92 Å². The van der Waals surface area contributed by atoms with Gasteiger partial charge in [-0.05, 0) is 37.5 Å². The van der Waals surface area contributed by atoms with E-state index in [-0.39, 0.29) is 5.78 Å². The van der Waals surface area contributed by atoms with Crippen molar-refractivity contribution in [3.63, 3.8) is 0 Å². The summed E-state index contributed by atoms with van der Waals surface area (Å²) in [6, 6.07) is 5.58. The summed E-state index contributed by atoms with van der Waals surface area (Å²) >= 11 is 6.21. The minimum Gasteiger partial charge on any atom is -0.370 e. The van der Waals surface area contributed by atoms with Crippen LogP contribution in [0, 0.1) is 5.92 Å². The van der Waals surface area contributed by atoms with Gasteiger partial charge in [-0.15, -0.1) is 0 Å². The molecule has 0 amide bonds. The molecule has 2 rings (SSSR count). The number of carbonyl (C=O) groups excluding carboxylic acids is 1. The van der Waals surface area contributed by atoms with Crippen molar-refractivity contribution in [2.45, 2.75) is 20.3 Å². The molecule has 1 aliphatic heterocycles. The van der Waals surface area contributed by atoms with Gasteiger partial charge < -0.3 is 4.90 Å². The van der Waals surface area contributed by atoms with Crippen molar-refractivity contribution in [3.05, 3.63) is 28.8 Å². The van der Waals surface area contributed by atoms with Crippen LogP contribution in [0.2, 0.25) is 5.02 Å². The molecule has 0 radical (unpaired) electrons. The SMILES string of the molecule is CC(=O)c1ccc(N2CCC(C)C2)c(Cl)c1. The molecule has 16 heavy (non-hydrogen) atoms. The first-order valence-corrected chi connectivity index (χ1v) is 6.01. The van der Waals surface area contributed by atoms with Crippen molar-refractivity contribution in [1.29, 1.82) is 0 Å². The molecule has 1 fully saturated rings. The fraction of sp³-hybridized carbons (Fsp3) is 0.462. The smallest absolute Gasteiger partial charge is 0.159 e. The third kappa shape index (κ3) is 2.22. The van der Waals surface area contributed by atoms with Crippen LogP contribution in [-0.2, 0) is 0 Å². The highest BCUT2D eigenvalue weighted by Crippen LogP contribution is 2.31. The van der Waals surface area contributed by atoms with Crippen molar-refractivity contribution < 1.29 is 4.79 Å². The molecular formula is C13H16ClNO. The van der Waals surface area contributed by atoms with E-state index in [2.05, 4.69) is 11.8 Å². The van der Waals surface area contributed by atoms with Gasteiger partial charge in [0.15, 0.2) is 5.78 Å². The number of hydrogen-bond acceptors (Lipinski definition) is 2. The molecule has 1 heterocycles. The quantitative estimate of drug-likeness (QED) is 0.735. The number of nitrogens with zero attached hydrogens (tertiary/aromatic N) is 1. The van der Waals surface area contributed by atoms with Crippen LogP contribution in [0.3, 0.4) is 0 Å². The number of Topliss-reactive ketones (excluding diaryl/α,β-unsaturated/α-hetero) is 1. The zero-order valence-corrected chi connectivity index (χ0v) is 10.4. The van der Waals surface area contributed by atoms with E-state index in [1.165, 1.54) is 6.42 Å². The first-order valence-electron chi connectivity index (χ1n) is 5.63. The summed E-state index contributed by atoms with van der Waals surface area (Å²) in [5.74, 6) is 0.784. The van der Waals surface area contributed by atoms with Crippen molar-refractivity contribution in [1.82, 2.24) is 0 Å². The maximum Gasteiger partial charge on any atom is 0.159 e. The Hall–Kier alpha value is -1.02. The van der Waals surface area contributed by atoms with Crippen LogP contribution in [0.5, 0.6) is 0 Å². The molecule has 1 aromatic carbocycles. The van der Waals surface area contributed by atoms with Gasteiger partial charge in [-0.2, -0.15) is 0 Å². The number of rotatable bonds is 2. The molecule has 0 aromatic heterocycles. The summed E-state index contributed by atoms with van der Waals surface area (Å²) < 4.78 is 0. The topological polar surface area (TPSA) is 20.3 Å². The van der Waals surface area contributed by atoms with E-state index in [1.807, 2.05) is 12.1 Å². The van der Waals surface area contributed by atoms with Crippen LogP contribution in [0.4, 0.5) is 5.69 Å². The highest BCUT2D eigenvalue weighted by Gasteiger charge is 2.20. The molecule has 86 valence electrons. The van der Waals surface area contributed by atoms with Crippen molar-refractivity contribution in [2.75, 3.05) is 18.0 Å². The number of ketones is 1. The Morgan fingerprint density at radius 3 is 2.75 bits per heavy atom. The Morgan fingerprint density at radius 2 is 2.25 bits per heavy atom. The van der Waals surface area contributed by atoms with Crippen LogP contribution < -0.4 is 4.90 Å². The summed E-state index contributed by atoms with van der Waals surface area (Å²) in [7, 11) is 0. The molecule has 1 atom stereocenters. The molecule has 1 unspecified atom stereocenters. The van der Waals surface area contributed by atoms with Gasteiger partial charge in [0.25, 0.3) is 0 Å². The second-order valence-corrected chi connectivity index (χ2v) is 4.97. The van der Waals surface area contributed by atoms with E-state index in [0.717, 1.165) is 24.7 Å². The Bertz CT molecular complexity index is 416. The largest absolute Gasteiger partial charge is 0.370 e. The average molecular weight is 238 g/mol. The highest BCUT2D eigenvalue weighted by molar-refractivity contribution is 6.33. The van der Waals surface area contributed by atoms with Gasteiger partial charge in [0, 0.05) is 18.7 Å². The van der Waals surface area contributed by atoms with Gasteiger partial charge in [0.2, 0.25) is 0 Å². The minimum atomic E-state index is 0.0586. The Kier molecular flexibility index (Phi) is 3.20. The zero-order valence-electron chi connectivity index (χ0n) is 9.66. The maximum absolute atomic E-state index is 11.2. The lowest BCUT2D eigenvalue weighted by Crippen LogP contribution is -2.19. The Balaban J connectivity index is 2.26. The van der Waals surface area contributed by atoms with Crippen LogP contribution >= 0.6 is 11.6 Å². The maximum atomic E-state index is 11.2. The second kappa shape index (κ2) is 4.46. The first kappa shape index (κ1) is 11.5. The summed E-state index contributed by atoms with van der Waals surface area (Å²) in [4.78, 5) is 13.5. The first-order chi connectivity index (χ1) is 7.58. The van der Waals surface area contributed by atoms with Gasteiger partial charge >= 0.3 is 0 Å². The van der Waals surface area contributed by atoms with E-state index in [1.54, 1.807) is 13.0 Å². The fourth-order valence-corrected chi connectivity index (χ4v) is 2.44. The molecule has 1 aromatic rings. The van der Waals surface area contributed by atoms with Crippen LogP contribution in [-0.4, -0.2) is 18.9 Å². The molecule has 3 heteroatoms. The van der Waals surface area contributed by atoms with Crippen LogP contribution in [0.1, 0.15) is 30.6 Å². The van der Waals surface area contributed by atoms with Gasteiger partial charge in [0.1, 0.15) is 0 Å². The Labute approximate surface area is 101 Å². The standard InChI is InChI=1S/C13H16ClNO/c1-9-5-6-15(8-9)13-4-3-11(10(2)16)7-12(13)14/h3-4,7,9H,5-6,8H2,1-2H3. The predicted octanol–water partition coefficient (Wildman–Crippen LogP) is 3.39. The second-order valence-electron chi connectivity index (χ2n) is 4.56. The number of anilines is 1. The number of carbonyl (C=O) groups is 1. The van der Waals surface area contributed by atoms with Crippen molar-refractivity contribution in [3.8, 4) is 0 Å². The molecule has 2 nitrogen and oxygen atoms in total. The summed E-state index contributed by atoms with van der Waals surface area (Å²) in [5.41, 5.74) is 1.73. The van der Waals surface area contributed by atoms with Gasteiger partial charge in [0.05, 0.1) is 10.7 Å². The van der Waals surface area contributed by atoms with Gasteiger partial charge in [-0.25, -0.2) is 0 Å². The fourth-order valence-electron chi connectivity index (χ4n) is 2.14. The lowest BCUT2D eigenvalue weighted by Gasteiger charge is -2.19. The van der Waals surface area contributed by atoms with Gasteiger partial charge in [-0.1, -0.05) is 18.5 Å². The summed E-state index contributed by atoms with van der Waals surface area (Å²) in [6.45, 7) is 5.92. The van der Waals surface area contributed by atoms with E-state index in [4.69, 9.17) is 11.6 Å². The number of halogens is 1. The molecular weight excluding hydrogens is 222 g/mol. The number of benzene rings is 1. The highest BCUT2D eigenvalue weighted by atomic mass is 35.5. The van der Waals surface area contributed by atoms with E-state index < -0.39 is 0 Å². The number of hydrogen-bond donors (Lipinski definition) is 0. The predicted molar refractivity (Wildman–Crippen MR) is 67.5 cm³/mol. The van der Waals surface area contributed by atoms with Crippen LogP contribution in [0.25, 0.3) is 0 Å². The summed E-state index contributed by atoms with van der Waals surface area (Å²) in [6.07, 6.45) is 1.21. The molecule has 0 N–H and O–H groups in total. The lowest BCUT2D eigenvalue weighted by atomic mass is 10.1. The molecule has 0 aliphatic carbocycles. The van der Waals surface area contributed by atoms with Crippen LogP contribution in [0.15, 0.2) is 18.2 Å². The lowest BCUT2D eigenvalue weighted by molar-refractivity contribution is 0.101. The minimum absolute atomic E-state index is 0.0586. The van der Waals surface area contributed by atoms with E-state index >= 15 is 0 Å². The monoisotopic (exact) mass is 237 g/mol. The Morgan fingerprint density at radius 1 is 1.50 bits per heavy atom.